The van der Waals surface area contributed by atoms with Crippen molar-refractivity contribution in [3.8, 4) is 0 Å². The van der Waals surface area contributed by atoms with E-state index in [9.17, 15) is 8.42 Å². The van der Waals surface area contributed by atoms with E-state index >= 15 is 0 Å². The van der Waals surface area contributed by atoms with Crippen molar-refractivity contribution >= 4 is 21.4 Å². The normalized spacial score (nSPS) is 23.6. The maximum Gasteiger partial charge on any atom is 0.160 e. The standard InChI is InChI=1S/C12H17N3O2S/c13-15-12(14-10-6-2-1-3-7-10)11-8-4-5-9-18(11,16)17/h1-3,6-7,11H,4-5,8-9,13H2,(H,14,15). The van der Waals surface area contributed by atoms with Crippen molar-refractivity contribution < 1.29 is 8.42 Å². The number of para-hydroxylation sites is 1. The van der Waals surface area contributed by atoms with Crippen molar-refractivity contribution in [3.63, 3.8) is 0 Å². The van der Waals surface area contributed by atoms with E-state index in [-0.39, 0.29) is 5.75 Å². The first-order valence-corrected chi connectivity index (χ1v) is 7.67. The number of hydrogen-bond donors (Lipinski definition) is 2. The molecule has 98 valence electrons. The van der Waals surface area contributed by atoms with Crippen LogP contribution in [-0.2, 0) is 9.84 Å². The Balaban J connectivity index is 2.31. The van der Waals surface area contributed by atoms with Crippen LogP contribution in [0.2, 0.25) is 0 Å². The van der Waals surface area contributed by atoms with Crippen LogP contribution in [-0.4, -0.2) is 25.3 Å². The van der Waals surface area contributed by atoms with Crippen molar-refractivity contribution in [2.24, 2.45) is 10.8 Å². The smallest absolute Gasteiger partial charge is 0.160 e. The maximum absolute atomic E-state index is 12.0. The van der Waals surface area contributed by atoms with Gasteiger partial charge >= 0.3 is 0 Å². The van der Waals surface area contributed by atoms with E-state index in [4.69, 9.17) is 5.84 Å². The summed E-state index contributed by atoms with van der Waals surface area (Å²) >= 11 is 0. The van der Waals surface area contributed by atoms with Gasteiger partial charge in [-0.15, -0.1) is 0 Å². The van der Waals surface area contributed by atoms with E-state index in [1.54, 1.807) is 0 Å². The fourth-order valence-corrected chi connectivity index (χ4v) is 3.98. The number of nitrogens with zero attached hydrogens (tertiary/aromatic N) is 1. The molecule has 1 fully saturated rings. The van der Waals surface area contributed by atoms with Crippen LogP contribution in [0.25, 0.3) is 0 Å². The van der Waals surface area contributed by atoms with Crippen molar-refractivity contribution in [1.29, 1.82) is 0 Å². The van der Waals surface area contributed by atoms with Gasteiger partial charge < -0.3 is 5.43 Å². The molecular formula is C12H17N3O2S. The Kier molecular flexibility index (Phi) is 3.98. The fraction of sp³-hybridized carbons (Fsp3) is 0.417. The second kappa shape index (κ2) is 5.49. The van der Waals surface area contributed by atoms with Gasteiger partial charge in [-0.3, -0.25) is 0 Å². The van der Waals surface area contributed by atoms with Gasteiger partial charge in [-0.05, 0) is 25.0 Å². The molecule has 0 spiro atoms. The molecule has 0 aliphatic carbocycles. The molecule has 1 aliphatic rings. The van der Waals surface area contributed by atoms with Crippen molar-refractivity contribution in [2.75, 3.05) is 5.75 Å². The molecule has 5 nitrogen and oxygen atoms in total. The van der Waals surface area contributed by atoms with Gasteiger partial charge in [-0.25, -0.2) is 19.3 Å². The summed E-state index contributed by atoms with van der Waals surface area (Å²) < 4.78 is 24.0. The average Bonchev–Trinajstić information content (AvgIpc) is 2.37. The summed E-state index contributed by atoms with van der Waals surface area (Å²) in [6.45, 7) is 0. The van der Waals surface area contributed by atoms with E-state index in [2.05, 4.69) is 10.4 Å². The summed E-state index contributed by atoms with van der Waals surface area (Å²) in [6.07, 6.45) is 2.19. The molecule has 6 heteroatoms. The Labute approximate surface area is 107 Å². The summed E-state index contributed by atoms with van der Waals surface area (Å²) in [5.74, 6) is 5.98. The Morgan fingerprint density at radius 3 is 2.61 bits per heavy atom. The summed E-state index contributed by atoms with van der Waals surface area (Å²) in [7, 11) is -3.13. The van der Waals surface area contributed by atoms with Gasteiger partial charge in [0.05, 0.1) is 11.4 Å². The van der Waals surface area contributed by atoms with E-state index in [1.807, 2.05) is 30.3 Å². The van der Waals surface area contributed by atoms with Gasteiger partial charge in [0, 0.05) is 0 Å². The van der Waals surface area contributed by atoms with Crippen molar-refractivity contribution in [3.05, 3.63) is 30.3 Å². The van der Waals surface area contributed by atoms with E-state index in [0.29, 0.717) is 17.9 Å². The molecule has 1 atom stereocenters. The Morgan fingerprint density at radius 2 is 2.00 bits per heavy atom. The minimum absolute atomic E-state index is 0.215. The quantitative estimate of drug-likeness (QED) is 0.364. The lowest BCUT2D eigenvalue weighted by Crippen LogP contribution is -2.45. The zero-order valence-electron chi connectivity index (χ0n) is 10.0. The van der Waals surface area contributed by atoms with E-state index in [0.717, 1.165) is 12.8 Å². The molecule has 1 aromatic rings. The Hall–Kier alpha value is -1.40. The van der Waals surface area contributed by atoms with Crippen LogP contribution in [0, 0.1) is 0 Å². The maximum atomic E-state index is 12.0. The first kappa shape index (κ1) is 13.0. The van der Waals surface area contributed by atoms with Gasteiger partial charge in [-0.2, -0.15) is 0 Å². The van der Waals surface area contributed by atoms with Crippen LogP contribution in [0.3, 0.4) is 0 Å². The third-order valence-electron chi connectivity index (χ3n) is 3.04. The minimum atomic E-state index is -3.13. The van der Waals surface area contributed by atoms with Crippen LogP contribution in [0.4, 0.5) is 5.69 Å². The molecule has 1 saturated heterocycles. The number of nitrogens with one attached hydrogen (secondary N) is 1. The van der Waals surface area contributed by atoms with Gasteiger partial charge in [0.2, 0.25) is 0 Å². The number of benzene rings is 1. The van der Waals surface area contributed by atoms with Gasteiger partial charge in [0.25, 0.3) is 0 Å². The van der Waals surface area contributed by atoms with Gasteiger partial charge in [0.1, 0.15) is 11.1 Å². The monoisotopic (exact) mass is 267 g/mol. The van der Waals surface area contributed by atoms with E-state index in [1.165, 1.54) is 0 Å². The Bertz CT molecular complexity index is 526. The summed E-state index contributed by atoms with van der Waals surface area (Å²) in [6, 6.07) is 9.20. The molecule has 3 N–H and O–H groups in total. The third-order valence-corrected chi connectivity index (χ3v) is 5.22. The molecule has 0 amide bonds. The molecule has 1 aromatic carbocycles. The second-order valence-corrected chi connectivity index (χ2v) is 6.63. The summed E-state index contributed by atoms with van der Waals surface area (Å²) in [5, 5.41) is -0.601. The summed E-state index contributed by atoms with van der Waals surface area (Å²) in [5.41, 5.74) is 3.15. The topological polar surface area (TPSA) is 84.5 Å². The number of hydrogen-bond acceptors (Lipinski definition) is 4. The largest absolute Gasteiger partial charge is 0.311 e. The van der Waals surface area contributed by atoms with Crippen LogP contribution in [0.15, 0.2) is 35.3 Å². The number of rotatable bonds is 2. The number of nitrogens with two attached hydrogens (primary N) is 1. The first-order chi connectivity index (χ1) is 8.63. The molecule has 1 unspecified atom stereocenters. The summed E-state index contributed by atoms with van der Waals surface area (Å²) in [4.78, 5) is 4.30. The highest BCUT2D eigenvalue weighted by atomic mass is 32.2. The molecule has 1 heterocycles. The predicted octanol–water partition coefficient (Wildman–Crippen LogP) is 1.15. The first-order valence-electron chi connectivity index (χ1n) is 5.95. The third kappa shape index (κ3) is 2.88. The molecule has 0 aromatic heterocycles. The molecule has 1 aliphatic heterocycles. The van der Waals surface area contributed by atoms with Gasteiger partial charge in [0.15, 0.2) is 9.84 Å². The highest BCUT2D eigenvalue weighted by Crippen LogP contribution is 2.21. The molecule has 2 rings (SSSR count). The van der Waals surface area contributed by atoms with Crippen molar-refractivity contribution in [2.45, 2.75) is 24.5 Å². The van der Waals surface area contributed by atoms with Gasteiger partial charge in [-0.1, -0.05) is 24.6 Å². The highest BCUT2D eigenvalue weighted by molar-refractivity contribution is 7.92. The average molecular weight is 267 g/mol. The van der Waals surface area contributed by atoms with Crippen LogP contribution in [0.5, 0.6) is 0 Å². The van der Waals surface area contributed by atoms with Crippen LogP contribution in [0.1, 0.15) is 19.3 Å². The second-order valence-electron chi connectivity index (χ2n) is 4.33. The number of aliphatic imine (C=N–C) groups is 1. The van der Waals surface area contributed by atoms with Crippen LogP contribution < -0.4 is 11.3 Å². The zero-order valence-corrected chi connectivity index (χ0v) is 10.9. The lowest BCUT2D eigenvalue weighted by atomic mass is 10.2. The number of amidine groups is 1. The molecule has 0 bridgehead atoms. The molecule has 0 radical (unpaired) electrons. The molecule has 18 heavy (non-hydrogen) atoms. The Morgan fingerprint density at radius 1 is 1.28 bits per heavy atom. The lowest BCUT2D eigenvalue weighted by molar-refractivity contribution is 0.562. The minimum Gasteiger partial charge on any atom is -0.311 e. The fourth-order valence-electron chi connectivity index (χ4n) is 2.10. The van der Waals surface area contributed by atoms with E-state index < -0.39 is 15.1 Å². The number of hydrazine groups is 1. The van der Waals surface area contributed by atoms with Crippen LogP contribution >= 0.6 is 0 Å². The zero-order chi connectivity index (χ0) is 13.0. The highest BCUT2D eigenvalue weighted by Gasteiger charge is 2.32. The molecule has 0 saturated carbocycles. The van der Waals surface area contributed by atoms with Crippen molar-refractivity contribution in [1.82, 2.24) is 5.43 Å². The molecular weight excluding hydrogens is 250 g/mol. The number of sulfone groups is 1. The lowest BCUT2D eigenvalue weighted by Gasteiger charge is -2.23. The predicted molar refractivity (Wildman–Crippen MR) is 72.3 cm³/mol. The SMILES string of the molecule is NNC(=Nc1ccccc1)C1CCCCS1(=O)=O.